The van der Waals surface area contributed by atoms with Gasteiger partial charge in [0.1, 0.15) is 12.1 Å². The number of nitrogens with one attached hydrogen (secondary N) is 1. The van der Waals surface area contributed by atoms with Crippen LogP contribution in [-0.2, 0) is 6.54 Å². The fourth-order valence-corrected chi connectivity index (χ4v) is 0.790. The van der Waals surface area contributed by atoms with Crippen molar-refractivity contribution in [1.29, 1.82) is 0 Å². The maximum absolute atomic E-state index is 8.52. The molecule has 0 bridgehead atoms. The molecule has 0 atom stereocenters. The predicted octanol–water partition coefficient (Wildman–Crippen LogP) is -0.661. The molecule has 0 radical (unpaired) electrons. The fourth-order valence-electron chi connectivity index (χ4n) is 0.790. The summed E-state index contributed by atoms with van der Waals surface area (Å²) in [5.41, 5.74) is 6.16. The lowest BCUT2D eigenvalue weighted by atomic mass is 10.4. The highest BCUT2D eigenvalue weighted by molar-refractivity contribution is 5.34. The zero-order valence-electron chi connectivity index (χ0n) is 6.70. The summed E-state index contributed by atoms with van der Waals surface area (Å²) >= 11 is 0. The summed E-state index contributed by atoms with van der Waals surface area (Å²) in [5, 5.41) is 11.4. The largest absolute Gasteiger partial charge is 0.395 e. The van der Waals surface area contributed by atoms with Gasteiger partial charge < -0.3 is 16.2 Å². The van der Waals surface area contributed by atoms with Crippen LogP contribution in [0.25, 0.3) is 0 Å². The van der Waals surface area contributed by atoms with Crippen LogP contribution in [0.1, 0.15) is 5.69 Å². The smallest absolute Gasteiger partial charge is 0.129 e. The molecule has 0 aliphatic rings. The average Bonchev–Trinajstić information content (AvgIpc) is 2.15. The molecule has 5 heteroatoms. The zero-order chi connectivity index (χ0) is 8.81. The minimum atomic E-state index is 0.0853. The van der Waals surface area contributed by atoms with Crippen LogP contribution >= 0.6 is 0 Å². The highest BCUT2D eigenvalue weighted by atomic mass is 16.3. The quantitative estimate of drug-likeness (QED) is 0.555. The van der Waals surface area contributed by atoms with Crippen LogP contribution in [0.5, 0.6) is 0 Å². The van der Waals surface area contributed by atoms with Crippen LogP contribution in [0.2, 0.25) is 0 Å². The third-order valence-corrected chi connectivity index (χ3v) is 1.35. The van der Waals surface area contributed by atoms with E-state index in [0.29, 0.717) is 18.9 Å². The molecule has 0 unspecified atom stereocenters. The van der Waals surface area contributed by atoms with Gasteiger partial charge in [-0.15, -0.1) is 0 Å². The Morgan fingerprint density at radius 1 is 1.50 bits per heavy atom. The first-order valence-corrected chi connectivity index (χ1v) is 3.72. The van der Waals surface area contributed by atoms with Crippen LogP contribution < -0.4 is 11.1 Å². The van der Waals surface area contributed by atoms with E-state index in [0.717, 1.165) is 5.69 Å². The average molecular weight is 168 g/mol. The Morgan fingerprint density at radius 2 is 2.33 bits per heavy atom. The van der Waals surface area contributed by atoms with E-state index < -0.39 is 0 Å². The number of hydrogen-bond donors (Lipinski definition) is 3. The molecule has 0 amide bonds. The van der Waals surface area contributed by atoms with Crippen molar-refractivity contribution in [2.45, 2.75) is 6.54 Å². The van der Waals surface area contributed by atoms with E-state index >= 15 is 0 Å². The summed E-state index contributed by atoms with van der Waals surface area (Å²) in [6.07, 6.45) is 1.45. The topological polar surface area (TPSA) is 84.1 Å². The maximum atomic E-state index is 8.52. The van der Waals surface area contributed by atoms with E-state index in [-0.39, 0.29) is 6.61 Å². The lowest BCUT2D eigenvalue weighted by Gasteiger charge is -2.03. The lowest BCUT2D eigenvalue weighted by Crippen LogP contribution is -2.08. The molecule has 0 aliphatic carbocycles. The van der Waals surface area contributed by atoms with Gasteiger partial charge in [0.25, 0.3) is 0 Å². The molecule has 12 heavy (non-hydrogen) atoms. The summed E-state index contributed by atoms with van der Waals surface area (Å²) in [5.74, 6) is 0.694. The van der Waals surface area contributed by atoms with E-state index in [1.807, 2.05) is 0 Å². The molecule has 0 saturated carbocycles. The molecule has 0 aliphatic heterocycles. The van der Waals surface area contributed by atoms with Gasteiger partial charge in [0, 0.05) is 19.2 Å². The van der Waals surface area contributed by atoms with Crippen molar-refractivity contribution in [3.63, 3.8) is 0 Å². The molecule has 1 rings (SSSR count). The number of anilines is 1. The summed E-state index contributed by atoms with van der Waals surface area (Å²) in [6, 6.07) is 1.76. The van der Waals surface area contributed by atoms with Crippen molar-refractivity contribution in [1.82, 2.24) is 9.97 Å². The third kappa shape index (κ3) is 2.44. The van der Waals surface area contributed by atoms with E-state index in [2.05, 4.69) is 15.3 Å². The first-order chi connectivity index (χ1) is 5.86. The van der Waals surface area contributed by atoms with Crippen LogP contribution in [0.4, 0.5) is 5.82 Å². The van der Waals surface area contributed by atoms with Gasteiger partial charge in [-0.05, 0) is 0 Å². The molecule has 0 fully saturated rings. The van der Waals surface area contributed by atoms with E-state index in [4.69, 9.17) is 10.8 Å². The van der Waals surface area contributed by atoms with Gasteiger partial charge in [-0.3, -0.25) is 0 Å². The van der Waals surface area contributed by atoms with Crippen LogP contribution in [0, 0.1) is 0 Å². The second-order valence-corrected chi connectivity index (χ2v) is 2.25. The van der Waals surface area contributed by atoms with E-state index in [1.54, 1.807) is 6.07 Å². The number of aliphatic hydroxyl groups excluding tert-OH is 1. The molecule has 4 N–H and O–H groups in total. The van der Waals surface area contributed by atoms with Crippen molar-refractivity contribution in [3.8, 4) is 0 Å². The predicted molar refractivity (Wildman–Crippen MR) is 45.5 cm³/mol. The normalized spacial score (nSPS) is 9.83. The van der Waals surface area contributed by atoms with Gasteiger partial charge in [0.15, 0.2) is 0 Å². The summed E-state index contributed by atoms with van der Waals surface area (Å²) in [7, 11) is 0. The number of nitrogens with two attached hydrogens (primary N) is 1. The Bertz CT molecular complexity index is 241. The molecule has 5 nitrogen and oxygen atoms in total. The molecule has 1 aromatic heterocycles. The summed E-state index contributed by atoms with van der Waals surface area (Å²) in [4.78, 5) is 7.86. The van der Waals surface area contributed by atoms with Crippen molar-refractivity contribution in [2.75, 3.05) is 18.5 Å². The van der Waals surface area contributed by atoms with Gasteiger partial charge in [0.2, 0.25) is 0 Å². The Kier molecular flexibility index (Phi) is 3.43. The van der Waals surface area contributed by atoms with E-state index in [9.17, 15) is 0 Å². The standard InChI is InChI=1S/C7H12N4O/c8-4-6-3-7(9-1-2-12)11-5-10-6/h3,5,12H,1-2,4,8H2,(H,9,10,11). The third-order valence-electron chi connectivity index (χ3n) is 1.35. The van der Waals surface area contributed by atoms with Gasteiger partial charge in [0.05, 0.1) is 12.3 Å². The first-order valence-electron chi connectivity index (χ1n) is 3.72. The number of rotatable bonds is 4. The second-order valence-electron chi connectivity index (χ2n) is 2.25. The molecule has 1 aromatic rings. The highest BCUT2D eigenvalue weighted by Gasteiger charge is 1.94. The lowest BCUT2D eigenvalue weighted by molar-refractivity contribution is 0.311. The number of hydrogen-bond acceptors (Lipinski definition) is 5. The molecular weight excluding hydrogens is 156 g/mol. The number of nitrogens with zero attached hydrogens (tertiary/aromatic N) is 2. The monoisotopic (exact) mass is 168 g/mol. The van der Waals surface area contributed by atoms with Crippen molar-refractivity contribution in [3.05, 3.63) is 18.1 Å². The Morgan fingerprint density at radius 3 is 3.00 bits per heavy atom. The molecule has 0 spiro atoms. The molecular formula is C7H12N4O. The second kappa shape index (κ2) is 4.63. The Labute approximate surface area is 70.6 Å². The highest BCUT2D eigenvalue weighted by Crippen LogP contribution is 2.01. The van der Waals surface area contributed by atoms with Crippen molar-refractivity contribution in [2.24, 2.45) is 5.73 Å². The van der Waals surface area contributed by atoms with Gasteiger partial charge in [-0.1, -0.05) is 0 Å². The zero-order valence-corrected chi connectivity index (χ0v) is 6.70. The molecule has 1 heterocycles. The van der Waals surface area contributed by atoms with E-state index in [1.165, 1.54) is 6.33 Å². The van der Waals surface area contributed by atoms with Gasteiger partial charge >= 0.3 is 0 Å². The van der Waals surface area contributed by atoms with Gasteiger partial charge in [-0.25, -0.2) is 9.97 Å². The fraction of sp³-hybridized carbons (Fsp3) is 0.429. The molecule has 66 valence electrons. The number of aromatic nitrogens is 2. The van der Waals surface area contributed by atoms with Crippen molar-refractivity contribution < 1.29 is 5.11 Å². The summed E-state index contributed by atoms with van der Waals surface area (Å²) < 4.78 is 0. The molecule has 0 aromatic carbocycles. The minimum absolute atomic E-state index is 0.0853. The van der Waals surface area contributed by atoms with Crippen LogP contribution in [0.15, 0.2) is 12.4 Å². The van der Waals surface area contributed by atoms with Crippen LogP contribution in [0.3, 0.4) is 0 Å². The SMILES string of the molecule is NCc1cc(NCCO)ncn1. The van der Waals surface area contributed by atoms with Gasteiger partial charge in [-0.2, -0.15) is 0 Å². The Balaban J connectivity index is 2.60. The number of aliphatic hydroxyl groups is 1. The first kappa shape index (κ1) is 8.89. The minimum Gasteiger partial charge on any atom is -0.395 e. The molecule has 0 saturated heterocycles. The Hall–Kier alpha value is -1.20. The van der Waals surface area contributed by atoms with Crippen LogP contribution in [-0.4, -0.2) is 28.2 Å². The summed E-state index contributed by atoms with van der Waals surface area (Å²) in [6.45, 7) is 0.972. The maximum Gasteiger partial charge on any atom is 0.129 e. The van der Waals surface area contributed by atoms with Crippen molar-refractivity contribution >= 4 is 5.82 Å².